The van der Waals surface area contributed by atoms with Crippen molar-refractivity contribution >= 4 is 0 Å². The summed E-state index contributed by atoms with van der Waals surface area (Å²) in [5.41, 5.74) is 0. The third-order valence-corrected chi connectivity index (χ3v) is 4.61. The van der Waals surface area contributed by atoms with Crippen LogP contribution < -0.4 is 5.32 Å². The quantitative estimate of drug-likeness (QED) is 0.812. The van der Waals surface area contributed by atoms with Crippen LogP contribution in [0, 0.1) is 5.92 Å². The van der Waals surface area contributed by atoms with Crippen molar-refractivity contribution in [1.82, 2.24) is 10.2 Å². The average Bonchev–Trinajstić information content (AvgIpc) is 2.27. The van der Waals surface area contributed by atoms with Gasteiger partial charge in [-0.3, -0.25) is 4.90 Å². The molecule has 3 heteroatoms. The Morgan fingerprint density at radius 1 is 1.35 bits per heavy atom. The minimum atomic E-state index is 0.516. The van der Waals surface area contributed by atoms with Crippen LogP contribution in [0.3, 0.4) is 0 Å². The van der Waals surface area contributed by atoms with E-state index >= 15 is 0 Å². The molecule has 100 valence electrons. The molecule has 0 spiro atoms. The number of hydrogen-bond acceptors (Lipinski definition) is 3. The lowest BCUT2D eigenvalue weighted by Crippen LogP contribution is -2.63. The molecule has 1 heterocycles. The van der Waals surface area contributed by atoms with Crippen molar-refractivity contribution in [3.8, 4) is 0 Å². The molecule has 17 heavy (non-hydrogen) atoms. The molecule has 0 amide bonds. The molecule has 2 fully saturated rings. The van der Waals surface area contributed by atoms with Crippen molar-refractivity contribution in [2.45, 2.75) is 64.3 Å². The maximum absolute atomic E-state index is 5.41. The normalized spacial score (nSPS) is 39.4. The number of hydrogen-bond donors (Lipinski definition) is 1. The lowest BCUT2D eigenvalue weighted by atomic mass is 9.84. The van der Waals surface area contributed by atoms with Gasteiger partial charge in [-0.15, -0.1) is 0 Å². The molecule has 2 atom stereocenters. The lowest BCUT2D eigenvalue weighted by Gasteiger charge is -2.51. The summed E-state index contributed by atoms with van der Waals surface area (Å²) >= 11 is 0. The second kappa shape index (κ2) is 5.68. The van der Waals surface area contributed by atoms with Crippen LogP contribution >= 0.6 is 0 Å². The Hall–Kier alpha value is -0.120. The van der Waals surface area contributed by atoms with Gasteiger partial charge >= 0.3 is 0 Å². The largest absolute Gasteiger partial charge is 0.381 e. The van der Waals surface area contributed by atoms with Crippen LogP contribution in [-0.2, 0) is 4.74 Å². The van der Waals surface area contributed by atoms with Crippen LogP contribution in [0.5, 0.6) is 0 Å². The van der Waals surface area contributed by atoms with E-state index in [2.05, 4.69) is 31.0 Å². The zero-order chi connectivity index (χ0) is 12.4. The van der Waals surface area contributed by atoms with Gasteiger partial charge in [0.1, 0.15) is 0 Å². The summed E-state index contributed by atoms with van der Waals surface area (Å²) in [7, 11) is 1.84. The Balaban J connectivity index is 1.94. The summed E-state index contributed by atoms with van der Waals surface area (Å²) in [6.07, 6.45) is 4.22. The average molecular weight is 240 g/mol. The maximum atomic E-state index is 5.41. The van der Waals surface area contributed by atoms with E-state index in [4.69, 9.17) is 4.74 Å². The van der Waals surface area contributed by atoms with Gasteiger partial charge in [-0.1, -0.05) is 20.8 Å². The third-order valence-electron chi connectivity index (χ3n) is 4.61. The van der Waals surface area contributed by atoms with Gasteiger partial charge in [-0.05, 0) is 25.2 Å². The van der Waals surface area contributed by atoms with Gasteiger partial charge in [0, 0.05) is 38.3 Å². The Morgan fingerprint density at radius 3 is 2.59 bits per heavy atom. The van der Waals surface area contributed by atoms with Crippen molar-refractivity contribution in [1.29, 1.82) is 0 Å². The first-order valence-corrected chi connectivity index (χ1v) is 7.17. The zero-order valence-corrected chi connectivity index (χ0v) is 11.8. The number of methoxy groups -OCH3 is 1. The van der Waals surface area contributed by atoms with E-state index in [1.807, 2.05) is 7.11 Å². The highest BCUT2D eigenvalue weighted by molar-refractivity contribution is 4.96. The van der Waals surface area contributed by atoms with E-state index in [0.717, 1.165) is 18.5 Å². The van der Waals surface area contributed by atoms with Gasteiger partial charge in [-0.2, -0.15) is 0 Å². The van der Waals surface area contributed by atoms with Crippen LogP contribution in [0.2, 0.25) is 0 Å². The molecular weight excluding hydrogens is 212 g/mol. The Bertz CT molecular complexity index is 238. The van der Waals surface area contributed by atoms with Crippen molar-refractivity contribution in [3.63, 3.8) is 0 Å². The number of ether oxygens (including phenoxy) is 1. The molecule has 0 aromatic rings. The van der Waals surface area contributed by atoms with Gasteiger partial charge in [0.2, 0.25) is 0 Å². The second-order valence-electron chi connectivity index (χ2n) is 6.00. The fourth-order valence-corrected chi connectivity index (χ4v) is 3.17. The van der Waals surface area contributed by atoms with E-state index < -0.39 is 0 Å². The standard InChI is InChI=1S/C14H28N2O/c1-5-11-9-16(12-6-13(7-12)17-4)14(8-15-11)10(2)3/h10-15H,5-9H2,1-4H3. The van der Waals surface area contributed by atoms with E-state index in [-0.39, 0.29) is 0 Å². The molecule has 1 N–H and O–H groups in total. The number of nitrogens with one attached hydrogen (secondary N) is 1. The van der Waals surface area contributed by atoms with E-state index in [1.54, 1.807) is 0 Å². The third kappa shape index (κ3) is 2.83. The summed E-state index contributed by atoms with van der Waals surface area (Å²) in [5.74, 6) is 0.738. The predicted molar refractivity (Wildman–Crippen MR) is 71.2 cm³/mol. The molecule has 2 rings (SSSR count). The molecule has 0 aromatic carbocycles. The second-order valence-corrected chi connectivity index (χ2v) is 6.00. The van der Waals surface area contributed by atoms with Gasteiger partial charge in [0.25, 0.3) is 0 Å². The number of rotatable bonds is 4. The first kappa shape index (κ1) is 13.3. The zero-order valence-electron chi connectivity index (χ0n) is 11.8. The first-order chi connectivity index (χ1) is 8.15. The summed E-state index contributed by atoms with van der Waals surface area (Å²) < 4.78 is 5.41. The molecule has 1 aliphatic heterocycles. The summed E-state index contributed by atoms with van der Waals surface area (Å²) in [5, 5.41) is 3.69. The van der Waals surface area contributed by atoms with Crippen LogP contribution in [0.1, 0.15) is 40.0 Å². The fourth-order valence-electron chi connectivity index (χ4n) is 3.17. The van der Waals surface area contributed by atoms with Gasteiger partial charge in [0.15, 0.2) is 0 Å². The van der Waals surface area contributed by atoms with Crippen molar-refractivity contribution < 1.29 is 4.74 Å². The minimum Gasteiger partial charge on any atom is -0.381 e. The molecular formula is C14H28N2O. The first-order valence-electron chi connectivity index (χ1n) is 7.17. The molecule has 0 radical (unpaired) electrons. The van der Waals surface area contributed by atoms with E-state index in [9.17, 15) is 0 Å². The van der Waals surface area contributed by atoms with E-state index in [1.165, 1.54) is 25.8 Å². The topological polar surface area (TPSA) is 24.5 Å². The van der Waals surface area contributed by atoms with Crippen molar-refractivity contribution in [2.24, 2.45) is 5.92 Å². The number of piperazine rings is 1. The summed E-state index contributed by atoms with van der Waals surface area (Å²) in [4.78, 5) is 2.75. The van der Waals surface area contributed by atoms with Crippen LogP contribution in [-0.4, -0.2) is 49.3 Å². The summed E-state index contributed by atoms with van der Waals surface area (Å²) in [6, 6.07) is 2.16. The highest BCUT2D eigenvalue weighted by Gasteiger charge is 2.40. The Kier molecular flexibility index (Phi) is 4.45. The molecule has 2 aliphatic rings. The van der Waals surface area contributed by atoms with Gasteiger partial charge in [-0.25, -0.2) is 0 Å². The SMILES string of the molecule is CCC1CN(C2CC(OC)C2)C(C(C)C)CN1. The summed E-state index contributed by atoms with van der Waals surface area (Å²) in [6.45, 7) is 9.35. The minimum absolute atomic E-state index is 0.516. The molecule has 1 saturated heterocycles. The number of nitrogens with zero attached hydrogens (tertiary/aromatic N) is 1. The fraction of sp³-hybridized carbons (Fsp3) is 1.00. The molecule has 3 nitrogen and oxygen atoms in total. The van der Waals surface area contributed by atoms with Crippen LogP contribution in [0.25, 0.3) is 0 Å². The monoisotopic (exact) mass is 240 g/mol. The van der Waals surface area contributed by atoms with Gasteiger partial charge in [0.05, 0.1) is 6.10 Å². The van der Waals surface area contributed by atoms with Crippen LogP contribution in [0.4, 0.5) is 0 Å². The molecule has 1 saturated carbocycles. The molecule has 0 aromatic heterocycles. The molecule has 0 bridgehead atoms. The maximum Gasteiger partial charge on any atom is 0.0601 e. The highest BCUT2D eigenvalue weighted by Crippen LogP contribution is 2.32. The van der Waals surface area contributed by atoms with E-state index in [0.29, 0.717) is 18.2 Å². The lowest BCUT2D eigenvalue weighted by molar-refractivity contribution is -0.0596. The molecule has 2 unspecified atom stereocenters. The predicted octanol–water partition coefficient (Wildman–Crippen LogP) is 1.87. The Labute approximate surface area is 106 Å². The van der Waals surface area contributed by atoms with Crippen molar-refractivity contribution in [3.05, 3.63) is 0 Å². The van der Waals surface area contributed by atoms with Crippen molar-refractivity contribution in [2.75, 3.05) is 20.2 Å². The smallest absolute Gasteiger partial charge is 0.0601 e. The van der Waals surface area contributed by atoms with Gasteiger partial charge < -0.3 is 10.1 Å². The molecule has 1 aliphatic carbocycles. The van der Waals surface area contributed by atoms with Crippen LogP contribution in [0.15, 0.2) is 0 Å². The highest BCUT2D eigenvalue weighted by atomic mass is 16.5. The Morgan fingerprint density at radius 2 is 2.06 bits per heavy atom.